The number of aliphatic hydroxyl groups excluding tert-OH is 1. The SMILES string of the molecule is CC(=O)NCC(=O)NC(CCC(=O)NCCCC(NC(=O)CNC(=O)CNC(=O)C(Cc1ccccc1Cl)NC(=O)CCO)C(N)=O)C(N)=O. The molecule has 0 aliphatic heterocycles. The number of nitrogens with one attached hydrogen (secondary N) is 7. The number of primary amides is 2. The van der Waals surface area contributed by atoms with Crippen LogP contribution >= 0.6 is 11.6 Å². The van der Waals surface area contributed by atoms with Crippen LogP contribution in [0.15, 0.2) is 24.3 Å². The number of hydrogen-bond donors (Lipinski definition) is 10. The lowest BCUT2D eigenvalue weighted by atomic mass is 10.0. The van der Waals surface area contributed by atoms with Crippen LogP contribution in [-0.2, 0) is 49.6 Å². The first kappa shape index (κ1) is 42.7. The topological polar surface area (TPSA) is 310 Å². The van der Waals surface area contributed by atoms with Crippen molar-refractivity contribution in [3.63, 3.8) is 0 Å². The summed E-state index contributed by atoms with van der Waals surface area (Å²) in [7, 11) is 0. The van der Waals surface area contributed by atoms with E-state index in [0.717, 1.165) is 0 Å². The summed E-state index contributed by atoms with van der Waals surface area (Å²) in [6, 6.07) is 3.26. The molecule has 3 atom stereocenters. The maximum atomic E-state index is 12.8. The van der Waals surface area contributed by atoms with Crippen molar-refractivity contribution in [2.75, 3.05) is 32.8 Å². The third-order valence-electron chi connectivity index (χ3n) is 6.75. The predicted octanol–water partition coefficient (Wildman–Crippen LogP) is -4.26. The Balaban J connectivity index is 2.48. The largest absolute Gasteiger partial charge is 0.396 e. The first-order chi connectivity index (χ1) is 23.6. The third kappa shape index (κ3) is 18.3. The van der Waals surface area contributed by atoms with E-state index in [-0.39, 0.29) is 51.6 Å². The lowest BCUT2D eigenvalue weighted by Gasteiger charge is -2.19. The third-order valence-corrected chi connectivity index (χ3v) is 7.12. The maximum Gasteiger partial charge on any atom is 0.243 e. The van der Waals surface area contributed by atoms with Crippen LogP contribution in [-0.4, -0.2) is 109 Å². The summed E-state index contributed by atoms with van der Waals surface area (Å²) in [5.41, 5.74) is 11.2. The molecule has 0 saturated heterocycles. The maximum absolute atomic E-state index is 12.8. The van der Waals surface area contributed by atoms with Gasteiger partial charge in [0.15, 0.2) is 0 Å². The van der Waals surface area contributed by atoms with Crippen molar-refractivity contribution in [2.24, 2.45) is 11.5 Å². The molecule has 0 heterocycles. The molecular weight excluding hydrogens is 682 g/mol. The molecule has 1 rings (SSSR count). The molecule has 0 spiro atoms. The predicted molar refractivity (Wildman–Crippen MR) is 177 cm³/mol. The molecule has 20 heteroatoms. The highest BCUT2D eigenvalue weighted by Gasteiger charge is 2.24. The summed E-state index contributed by atoms with van der Waals surface area (Å²) in [5, 5.41) is 26.0. The van der Waals surface area contributed by atoms with Crippen LogP contribution in [0.1, 0.15) is 44.6 Å². The zero-order chi connectivity index (χ0) is 37.6. The fraction of sp³-hybridized carbons (Fsp3) is 0.500. The van der Waals surface area contributed by atoms with E-state index in [9.17, 15) is 43.2 Å². The molecule has 9 amide bonds. The quantitative estimate of drug-likeness (QED) is 0.0484. The number of carbonyl (C=O) groups is 9. The molecule has 0 aromatic heterocycles. The number of carbonyl (C=O) groups excluding carboxylic acids is 9. The summed E-state index contributed by atoms with van der Waals surface area (Å²) < 4.78 is 0. The summed E-state index contributed by atoms with van der Waals surface area (Å²) in [4.78, 5) is 108. The van der Waals surface area contributed by atoms with Gasteiger partial charge in [-0.05, 0) is 30.9 Å². The summed E-state index contributed by atoms with van der Waals surface area (Å²) in [5.74, 6) is -6.14. The molecule has 1 aromatic rings. The van der Waals surface area contributed by atoms with E-state index in [4.69, 9.17) is 28.2 Å². The molecule has 0 fully saturated rings. The zero-order valence-electron chi connectivity index (χ0n) is 27.5. The van der Waals surface area contributed by atoms with E-state index in [1.165, 1.54) is 6.92 Å². The molecular formula is C30H44ClN9O10. The second-order valence-electron chi connectivity index (χ2n) is 10.9. The summed E-state index contributed by atoms with van der Waals surface area (Å²) >= 11 is 6.16. The molecule has 0 radical (unpaired) electrons. The summed E-state index contributed by atoms with van der Waals surface area (Å²) in [6.07, 6.45) is -0.286. The van der Waals surface area contributed by atoms with E-state index in [1.807, 2.05) is 0 Å². The second-order valence-corrected chi connectivity index (χ2v) is 11.3. The number of nitrogens with two attached hydrogens (primary N) is 2. The van der Waals surface area contributed by atoms with Gasteiger partial charge >= 0.3 is 0 Å². The van der Waals surface area contributed by atoms with Crippen LogP contribution in [0.25, 0.3) is 0 Å². The monoisotopic (exact) mass is 725 g/mol. The smallest absolute Gasteiger partial charge is 0.243 e. The van der Waals surface area contributed by atoms with Gasteiger partial charge in [0.25, 0.3) is 0 Å². The van der Waals surface area contributed by atoms with E-state index in [2.05, 4.69) is 37.2 Å². The first-order valence-corrected chi connectivity index (χ1v) is 15.9. The van der Waals surface area contributed by atoms with Crippen LogP contribution in [0.3, 0.4) is 0 Å². The molecule has 0 aliphatic rings. The molecule has 50 heavy (non-hydrogen) atoms. The number of hydrogen-bond acceptors (Lipinski definition) is 10. The van der Waals surface area contributed by atoms with Gasteiger partial charge in [0.05, 0.1) is 26.2 Å². The van der Waals surface area contributed by atoms with E-state index in [0.29, 0.717) is 10.6 Å². The standard InChI is InChI=1S/C30H44ClN9O10/c1-17(42)35-15-26(46)39-21(29(33)49)8-9-23(43)34-11-4-7-20(28(32)48)38-27(47)16-36-25(45)14-37-30(50)22(40-24(44)10-12-41)13-18-5-2-3-6-19(18)31/h2-3,5-6,20-22,41H,4,7-16H2,1H3,(H2,32,48)(H2,33,49)(H,34,43)(H,35,42)(H,36,45)(H,37,50)(H,38,47)(H,39,46)(H,40,44). The van der Waals surface area contributed by atoms with E-state index < -0.39 is 91.0 Å². The fourth-order valence-corrected chi connectivity index (χ4v) is 4.37. The first-order valence-electron chi connectivity index (χ1n) is 15.5. The van der Waals surface area contributed by atoms with Gasteiger partial charge in [0.1, 0.15) is 18.1 Å². The van der Waals surface area contributed by atoms with Crippen molar-refractivity contribution in [2.45, 2.75) is 63.6 Å². The van der Waals surface area contributed by atoms with Crippen molar-refractivity contribution >= 4 is 64.8 Å². The average molecular weight is 726 g/mol. The Morgan fingerprint density at radius 1 is 0.680 bits per heavy atom. The van der Waals surface area contributed by atoms with Gasteiger partial charge in [-0.2, -0.15) is 0 Å². The van der Waals surface area contributed by atoms with Gasteiger partial charge in [0.2, 0.25) is 53.2 Å². The number of benzene rings is 1. The van der Waals surface area contributed by atoms with Gasteiger partial charge in [-0.25, -0.2) is 0 Å². The van der Waals surface area contributed by atoms with Crippen LogP contribution < -0.4 is 48.7 Å². The van der Waals surface area contributed by atoms with Crippen molar-refractivity contribution in [3.05, 3.63) is 34.9 Å². The highest BCUT2D eigenvalue weighted by Crippen LogP contribution is 2.17. The second kappa shape index (κ2) is 23.1. The highest BCUT2D eigenvalue weighted by atomic mass is 35.5. The minimum absolute atomic E-state index is 0.00240. The molecule has 12 N–H and O–H groups in total. The lowest BCUT2D eigenvalue weighted by molar-refractivity contribution is -0.131. The average Bonchev–Trinajstić information content (AvgIpc) is 3.05. The normalized spacial score (nSPS) is 12.2. The fourth-order valence-electron chi connectivity index (χ4n) is 4.16. The van der Waals surface area contributed by atoms with Gasteiger partial charge < -0.3 is 53.8 Å². The Morgan fingerprint density at radius 2 is 1.24 bits per heavy atom. The van der Waals surface area contributed by atoms with Crippen LogP contribution in [0.4, 0.5) is 0 Å². The Bertz CT molecular complexity index is 1390. The number of amides is 9. The molecule has 0 saturated carbocycles. The lowest BCUT2D eigenvalue weighted by Crippen LogP contribution is -2.51. The van der Waals surface area contributed by atoms with Gasteiger partial charge in [0, 0.05) is 37.8 Å². The summed E-state index contributed by atoms with van der Waals surface area (Å²) in [6.45, 7) is -0.628. The molecule has 1 aromatic carbocycles. The minimum atomic E-state index is -1.14. The Kier molecular flexibility index (Phi) is 19.8. The highest BCUT2D eigenvalue weighted by molar-refractivity contribution is 6.31. The molecule has 0 aliphatic carbocycles. The van der Waals surface area contributed by atoms with Crippen molar-refractivity contribution in [3.8, 4) is 0 Å². The Labute approximate surface area is 292 Å². The number of rotatable bonds is 23. The molecule has 3 unspecified atom stereocenters. The van der Waals surface area contributed by atoms with Crippen LogP contribution in [0.2, 0.25) is 5.02 Å². The van der Waals surface area contributed by atoms with E-state index in [1.54, 1.807) is 24.3 Å². The van der Waals surface area contributed by atoms with Gasteiger partial charge in [-0.15, -0.1) is 0 Å². The van der Waals surface area contributed by atoms with Gasteiger partial charge in [-0.1, -0.05) is 29.8 Å². The van der Waals surface area contributed by atoms with Crippen molar-refractivity contribution in [1.82, 2.24) is 37.2 Å². The number of aliphatic hydroxyl groups is 1. The molecule has 19 nitrogen and oxygen atoms in total. The van der Waals surface area contributed by atoms with Crippen LogP contribution in [0.5, 0.6) is 0 Å². The molecule has 0 bridgehead atoms. The molecule has 276 valence electrons. The zero-order valence-corrected chi connectivity index (χ0v) is 28.2. The van der Waals surface area contributed by atoms with Crippen LogP contribution in [0, 0.1) is 0 Å². The van der Waals surface area contributed by atoms with Crippen molar-refractivity contribution in [1.29, 1.82) is 0 Å². The van der Waals surface area contributed by atoms with Crippen molar-refractivity contribution < 1.29 is 48.3 Å². The Morgan fingerprint density at radius 3 is 1.82 bits per heavy atom. The minimum Gasteiger partial charge on any atom is -0.396 e. The Hall–Kier alpha value is -5.30. The number of halogens is 1. The van der Waals surface area contributed by atoms with E-state index >= 15 is 0 Å². The van der Waals surface area contributed by atoms with Gasteiger partial charge in [-0.3, -0.25) is 43.2 Å².